The normalized spacial score (nSPS) is 22.3. The third kappa shape index (κ3) is 3.96. The van der Waals surface area contributed by atoms with Gasteiger partial charge in [-0.2, -0.15) is 0 Å². The molecule has 6 nitrogen and oxygen atoms in total. The van der Waals surface area contributed by atoms with Crippen molar-refractivity contribution < 1.29 is 19.1 Å². The molecular weight excluding hydrogens is 236 g/mol. The van der Waals surface area contributed by atoms with Gasteiger partial charge >= 0.3 is 5.97 Å². The van der Waals surface area contributed by atoms with Crippen molar-refractivity contribution in [2.24, 2.45) is 0 Å². The van der Waals surface area contributed by atoms with Gasteiger partial charge in [0.2, 0.25) is 5.91 Å². The predicted octanol–water partition coefficient (Wildman–Crippen LogP) is -0.273. The van der Waals surface area contributed by atoms with Gasteiger partial charge in [0.25, 0.3) is 0 Å². The largest absolute Gasteiger partial charge is 0.469 e. The predicted molar refractivity (Wildman–Crippen MR) is 66.1 cm³/mol. The standard InChI is InChI=1S/C12H22N2O4/c1-9(12(16)13(2)3)14-5-6-18-10(8-14)7-11(15)17-4/h9-10H,5-8H2,1-4H3. The zero-order valence-corrected chi connectivity index (χ0v) is 11.5. The van der Waals surface area contributed by atoms with Crippen molar-refractivity contribution in [2.75, 3.05) is 40.9 Å². The van der Waals surface area contributed by atoms with E-state index in [-0.39, 0.29) is 30.4 Å². The molecule has 2 unspecified atom stereocenters. The highest BCUT2D eigenvalue weighted by Gasteiger charge is 2.29. The molecule has 104 valence electrons. The number of methoxy groups -OCH3 is 1. The van der Waals surface area contributed by atoms with Crippen molar-refractivity contribution in [3.63, 3.8) is 0 Å². The van der Waals surface area contributed by atoms with Crippen molar-refractivity contribution in [1.29, 1.82) is 0 Å². The van der Waals surface area contributed by atoms with E-state index in [1.807, 2.05) is 11.8 Å². The number of carbonyl (C=O) groups excluding carboxylic acids is 2. The lowest BCUT2D eigenvalue weighted by Crippen LogP contribution is -2.52. The number of carbonyl (C=O) groups is 2. The Labute approximate surface area is 108 Å². The van der Waals surface area contributed by atoms with Gasteiger partial charge in [-0.15, -0.1) is 0 Å². The molecule has 1 heterocycles. The zero-order chi connectivity index (χ0) is 13.7. The summed E-state index contributed by atoms with van der Waals surface area (Å²) in [5.41, 5.74) is 0. The molecule has 0 N–H and O–H groups in total. The fourth-order valence-electron chi connectivity index (χ4n) is 2.02. The van der Waals surface area contributed by atoms with E-state index in [4.69, 9.17) is 4.74 Å². The third-order valence-corrected chi connectivity index (χ3v) is 3.14. The van der Waals surface area contributed by atoms with Gasteiger partial charge in [-0.1, -0.05) is 0 Å². The summed E-state index contributed by atoms with van der Waals surface area (Å²) in [5.74, 6) is -0.220. The lowest BCUT2D eigenvalue weighted by molar-refractivity contribution is -0.147. The summed E-state index contributed by atoms with van der Waals surface area (Å²) in [6, 6.07) is -0.191. The first kappa shape index (κ1) is 14.9. The van der Waals surface area contributed by atoms with E-state index < -0.39 is 0 Å². The van der Waals surface area contributed by atoms with Crippen molar-refractivity contribution >= 4 is 11.9 Å². The summed E-state index contributed by atoms with van der Waals surface area (Å²) in [7, 11) is 4.84. The summed E-state index contributed by atoms with van der Waals surface area (Å²) in [6.07, 6.45) is 0.0409. The van der Waals surface area contributed by atoms with Crippen LogP contribution < -0.4 is 0 Å². The molecule has 1 amide bonds. The van der Waals surface area contributed by atoms with Crippen LogP contribution in [-0.2, 0) is 19.1 Å². The average Bonchev–Trinajstić information content (AvgIpc) is 2.37. The van der Waals surface area contributed by atoms with E-state index in [9.17, 15) is 9.59 Å². The maximum Gasteiger partial charge on any atom is 0.308 e. The molecule has 1 saturated heterocycles. The molecule has 0 saturated carbocycles. The summed E-state index contributed by atoms with van der Waals surface area (Å²) in [5, 5.41) is 0. The fourth-order valence-corrected chi connectivity index (χ4v) is 2.02. The highest BCUT2D eigenvalue weighted by Crippen LogP contribution is 2.13. The molecule has 1 fully saturated rings. The van der Waals surface area contributed by atoms with E-state index in [0.29, 0.717) is 19.7 Å². The molecule has 0 aromatic heterocycles. The fraction of sp³-hybridized carbons (Fsp3) is 0.833. The minimum absolute atomic E-state index is 0.0636. The number of amides is 1. The Kier molecular flexibility index (Phi) is 5.55. The van der Waals surface area contributed by atoms with E-state index >= 15 is 0 Å². The summed E-state index contributed by atoms with van der Waals surface area (Å²) < 4.78 is 10.1. The van der Waals surface area contributed by atoms with Gasteiger partial charge in [-0.3, -0.25) is 14.5 Å². The number of likely N-dealkylation sites (N-methyl/N-ethyl adjacent to an activating group) is 1. The molecule has 1 rings (SSSR count). The molecule has 0 aromatic rings. The molecule has 0 bridgehead atoms. The Morgan fingerprint density at radius 2 is 2.17 bits per heavy atom. The van der Waals surface area contributed by atoms with Gasteiger partial charge < -0.3 is 14.4 Å². The first-order chi connectivity index (χ1) is 8.45. The number of nitrogens with zero attached hydrogens (tertiary/aromatic N) is 2. The monoisotopic (exact) mass is 258 g/mol. The lowest BCUT2D eigenvalue weighted by Gasteiger charge is -2.36. The first-order valence-electron chi connectivity index (χ1n) is 6.09. The van der Waals surface area contributed by atoms with Crippen LogP contribution in [0.25, 0.3) is 0 Å². The Bertz CT molecular complexity index is 306. The van der Waals surface area contributed by atoms with Crippen molar-refractivity contribution in [3.8, 4) is 0 Å². The Morgan fingerprint density at radius 1 is 1.50 bits per heavy atom. The molecule has 18 heavy (non-hydrogen) atoms. The topological polar surface area (TPSA) is 59.1 Å². The van der Waals surface area contributed by atoms with Crippen LogP contribution in [0.2, 0.25) is 0 Å². The number of hydrogen-bond acceptors (Lipinski definition) is 5. The number of morpholine rings is 1. The molecule has 6 heteroatoms. The van der Waals surface area contributed by atoms with Gasteiger partial charge in [-0.05, 0) is 6.92 Å². The van der Waals surface area contributed by atoms with Crippen molar-refractivity contribution in [1.82, 2.24) is 9.80 Å². The van der Waals surface area contributed by atoms with Gasteiger partial charge in [0.15, 0.2) is 0 Å². The van der Waals surface area contributed by atoms with Crippen LogP contribution in [-0.4, -0.2) is 74.7 Å². The smallest absolute Gasteiger partial charge is 0.308 e. The molecule has 0 spiro atoms. The number of hydrogen-bond donors (Lipinski definition) is 0. The molecule has 0 aromatic carbocycles. The minimum Gasteiger partial charge on any atom is -0.469 e. The van der Waals surface area contributed by atoms with E-state index in [1.54, 1.807) is 19.0 Å². The number of esters is 1. The SMILES string of the molecule is COC(=O)CC1CN(C(C)C(=O)N(C)C)CCO1. The van der Waals surface area contributed by atoms with Crippen LogP contribution in [0.1, 0.15) is 13.3 Å². The Hall–Kier alpha value is -1.14. The highest BCUT2D eigenvalue weighted by atomic mass is 16.5. The van der Waals surface area contributed by atoms with E-state index in [1.165, 1.54) is 7.11 Å². The Morgan fingerprint density at radius 3 is 2.72 bits per heavy atom. The maximum absolute atomic E-state index is 11.9. The van der Waals surface area contributed by atoms with Crippen molar-refractivity contribution in [2.45, 2.75) is 25.5 Å². The molecule has 2 atom stereocenters. The zero-order valence-electron chi connectivity index (χ0n) is 11.5. The minimum atomic E-state index is -0.284. The molecule has 0 aliphatic carbocycles. The van der Waals surface area contributed by atoms with E-state index in [2.05, 4.69) is 4.74 Å². The van der Waals surface area contributed by atoms with Crippen molar-refractivity contribution in [3.05, 3.63) is 0 Å². The first-order valence-corrected chi connectivity index (χ1v) is 6.09. The highest BCUT2D eigenvalue weighted by molar-refractivity contribution is 5.81. The summed E-state index contributed by atoms with van der Waals surface area (Å²) in [4.78, 5) is 26.7. The van der Waals surface area contributed by atoms with Crippen LogP contribution in [0.3, 0.4) is 0 Å². The van der Waals surface area contributed by atoms with Gasteiger partial charge in [0, 0.05) is 27.2 Å². The second kappa shape index (κ2) is 6.70. The number of rotatable bonds is 4. The van der Waals surface area contributed by atoms with Gasteiger partial charge in [0.05, 0.1) is 32.3 Å². The van der Waals surface area contributed by atoms with Crippen LogP contribution in [0.4, 0.5) is 0 Å². The number of ether oxygens (including phenoxy) is 2. The van der Waals surface area contributed by atoms with Crippen LogP contribution in [0.5, 0.6) is 0 Å². The van der Waals surface area contributed by atoms with Crippen LogP contribution in [0, 0.1) is 0 Å². The maximum atomic E-state index is 11.9. The van der Waals surface area contributed by atoms with Crippen LogP contribution in [0.15, 0.2) is 0 Å². The Balaban J connectivity index is 2.52. The second-order valence-corrected chi connectivity index (χ2v) is 4.68. The third-order valence-electron chi connectivity index (χ3n) is 3.14. The lowest BCUT2D eigenvalue weighted by atomic mass is 10.1. The average molecular weight is 258 g/mol. The van der Waals surface area contributed by atoms with Crippen LogP contribution >= 0.6 is 0 Å². The summed E-state index contributed by atoms with van der Waals surface area (Å²) in [6.45, 7) is 3.70. The van der Waals surface area contributed by atoms with E-state index in [0.717, 1.165) is 0 Å². The molecule has 1 aliphatic rings. The van der Waals surface area contributed by atoms with Gasteiger partial charge in [0.1, 0.15) is 0 Å². The molecular formula is C12H22N2O4. The second-order valence-electron chi connectivity index (χ2n) is 4.68. The quantitative estimate of drug-likeness (QED) is 0.650. The summed E-state index contributed by atoms with van der Waals surface area (Å²) >= 11 is 0. The molecule has 0 radical (unpaired) electrons. The van der Waals surface area contributed by atoms with Gasteiger partial charge in [-0.25, -0.2) is 0 Å². The molecule has 1 aliphatic heterocycles.